The van der Waals surface area contributed by atoms with Gasteiger partial charge in [0.1, 0.15) is 19.0 Å². The van der Waals surface area contributed by atoms with Crippen molar-refractivity contribution in [3.8, 4) is 22.3 Å². The van der Waals surface area contributed by atoms with Gasteiger partial charge in [-0.25, -0.2) is 0 Å². The number of furan rings is 1. The summed E-state index contributed by atoms with van der Waals surface area (Å²) in [6.45, 7) is 0. The van der Waals surface area contributed by atoms with Crippen LogP contribution in [0.15, 0.2) is 95.4 Å². The quantitative estimate of drug-likeness (QED) is 0.378. The van der Waals surface area contributed by atoms with Crippen LogP contribution in [0.2, 0.25) is 0 Å². The Kier molecular flexibility index (Phi) is 3.43. The molecular weight excluding hydrogens is 315 g/mol. The van der Waals surface area contributed by atoms with E-state index in [4.69, 9.17) is 12.3 Å². The summed E-state index contributed by atoms with van der Waals surface area (Å²) in [5.74, 6) is 0. The molecule has 0 unspecified atom stereocenters. The van der Waals surface area contributed by atoms with Crippen LogP contribution in [0.3, 0.4) is 0 Å². The van der Waals surface area contributed by atoms with Crippen molar-refractivity contribution in [2.24, 2.45) is 0 Å². The van der Waals surface area contributed by atoms with Crippen molar-refractivity contribution < 1.29 is 4.42 Å². The first-order chi connectivity index (χ1) is 12.8. The lowest BCUT2D eigenvalue weighted by molar-refractivity contribution is 0.672. The fraction of sp³-hybridized carbons (Fsp3) is 0. The van der Waals surface area contributed by atoms with Gasteiger partial charge in [-0.3, -0.25) is 0 Å². The number of rotatable bonds is 2. The second kappa shape index (κ2) is 5.92. The molecule has 1 nitrogen and oxygen atoms in total. The molecule has 0 saturated carbocycles. The molecule has 0 saturated heterocycles. The summed E-state index contributed by atoms with van der Waals surface area (Å²) >= 11 is 0. The molecule has 4 aromatic carbocycles. The minimum absolute atomic E-state index is 0.666. The molecule has 1 aromatic heterocycles. The average molecular weight is 330 g/mol. The molecule has 0 amide bonds. The summed E-state index contributed by atoms with van der Waals surface area (Å²) in [5.41, 5.74) is 6.87. The SMILES string of the molecule is [B]c1cccc2c1oc1c(-c3ccccc3)cc(-c3ccccc3)cc12. The van der Waals surface area contributed by atoms with Crippen molar-refractivity contribution in [2.75, 3.05) is 0 Å². The average Bonchev–Trinajstić information content (AvgIpc) is 3.09. The number of para-hydroxylation sites is 1. The Morgan fingerprint density at radius 1 is 0.538 bits per heavy atom. The Hall–Kier alpha value is -3.26. The number of hydrogen-bond acceptors (Lipinski definition) is 1. The van der Waals surface area contributed by atoms with Gasteiger partial charge in [0.05, 0.1) is 0 Å². The standard InChI is InChI=1S/C24H15BO/c25-22-13-7-12-19-21-15-18(16-8-3-1-4-9-16)14-20(23(21)26-24(19)22)17-10-5-2-6-11-17/h1-15H. The van der Waals surface area contributed by atoms with Gasteiger partial charge < -0.3 is 4.42 Å². The predicted molar refractivity (Wildman–Crippen MR) is 110 cm³/mol. The summed E-state index contributed by atoms with van der Waals surface area (Å²) in [6, 6.07) is 31.1. The van der Waals surface area contributed by atoms with Crippen molar-refractivity contribution in [3.05, 3.63) is 91.0 Å². The zero-order valence-corrected chi connectivity index (χ0v) is 14.1. The Balaban J connectivity index is 1.92. The van der Waals surface area contributed by atoms with Gasteiger partial charge in [-0.05, 0) is 28.8 Å². The molecule has 2 radical (unpaired) electrons. The molecule has 26 heavy (non-hydrogen) atoms. The highest BCUT2D eigenvalue weighted by Gasteiger charge is 2.15. The van der Waals surface area contributed by atoms with E-state index < -0.39 is 0 Å². The van der Waals surface area contributed by atoms with E-state index in [1.54, 1.807) is 0 Å². The molecule has 0 aliphatic rings. The molecule has 0 bridgehead atoms. The molecule has 5 aromatic rings. The summed E-state index contributed by atoms with van der Waals surface area (Å²) in [5, 5.41) is 2.14. The van der Waals surface area contributed by atoms with Gasteiger partial charge >= 0.3 is 0 Å². The third-order valence-corrected chi connectivity index (χ3v) is 4.82. The Morgan fingerprint density at radius 3 is 1.96 bits per heavy atom. The lowest BCUT2D eigenvalue weighted by atomic mass is 9.92. The van der Waals surface area contributed by atoms with Gasteiger partial charge in [0.15, 0.2) is 0 Å². The van der Waals surface area contributed by atoms with Gasteiger partial charge in [0.25, 0.3) is 0 Å². The molecule has 5 rings (SSSR count). The zero-order valence-electron chi connectivity index (χ0n) is 14.1. The molecule has 1 heterocycles. The number of hydrogen-bond donors (Lipinski definition) is 0. The predicted octanol–water partition coefficient (Wildman–Crippen LogP) is 5.71. The van der Waals surface area contributed by atoms with Crippen LogP contribution >= 0.6 is 0 Å². The molecule has 2 heteroatoms. The molecule has 0 aliphatic heterocycles. The van der Waals surface area contributed by atoms with Crippen LogP contribution in [0.25, 0.3) is 44.2 Å². The molecule has 0 spiro atoms. The van der Waals surface area contributed by atoms with E-state index in [-0.39, 0.29) is 0 Å². The Labute approximate surface area is 153 Å². The zero-order chi connectivity index (χ0) is 17.5. The van der Waals surface area contributed by atoms with Crippen LogP contribution in [0.5, 0.6) is 0 Å². The maximum atomic E-state index is 6.23. The molecule has 0 atom stereocenters. The summed E-state index contributed by atoms with van der Waals surface area (Å²) in [4.78, 5) is 0. The molecule has 0 aliphatic carbocycles. The second-order valence-corrected chi connectivity index (χ2v) is 6.46. The van der Waals surface area contributed by atoms with E-state index in [1.165, 1.54) is 11.1 Å². The minimum atomic E-state index is 0.666. The summed E-state index contributed by atoms with van der Waals surface area (Å²) < 4.78 is 6.23. The number of fused-ring (bicyclic) bond motifs is 3. The number of benzene rings is 4. The maximum Gasteiger partial charge on any atom is 0.143 e. The van der Waals surface area contributed by atoms with Crippen LogP contribution in [0.1, 0.15) is 0 Å². The van der Waals surface area contributed by atoms with E-state index in [0.717, 1.165) is 33.1 Å². The van der Waals surface area contributed by atoms with E-state index in [1.807, 2.05) is 36.4 Å². The van der Waals surface area contributed by atoms with Gasteiger partial charge in [-0.15, -0.1) is 0 Å². The highest BCUT2D eigenvalue weighted by Crippen LogP contribution is 2.38. The topological polar surface area (TPSA) is 13.1 Å². The highest BCUT2D eigenvalue weighted by molar-refractivity contribution is 6.39. The van der Waals surface area contributed by atoms with E-state index in [0.29, 0.717) is 5.46 Å². The Morgan fingerprint density at radius 2 is 1.23 bits per heavy atom. The van der Waals surface area contributed by atoms with Crippen LogP contribution in [0.4, 0.5) is 0 Å². The van der Waals surface area contributed by atoms with Gasteiger partial charge in [-0.2, -0.15) is 0 Å². The molecule has 0 fully saturated rings. The van der Waals surface area contributed by atoms with E-state index in [2.05, 4.69) is 54.6 Å². The first-order valence-corrected chi connectivity index (χ1v) is 8.67. The van der Waals surface area contributed by atoms with Gasteiger partial charge in [0.2, 0.25) is 0 Å². The summed E-state index contributed by atoms with van der Waals surface area (Å²) in [6.07, 6.45) is 0. The molecule has 0 N–H and O–H groups in total. The van der Waals surface area contributed by atoms with Crippen LogP contribution in [-0.2, 0) is 0 Å². The largest absolute Gasteiger partial charge is 0.456 e. The third-order valence-electron chi connectivity index (χ3n) is 4.82. The molecular formula is C24H15BO. The highest BCUT2D eigenvalue weighted by atomic mass is 16.3. The van der Waals surface area contributed by atoms with E-state index >= 15 is 0 Å². The monoisotopic (exact) mass is 330 g/mol. The van der Waals surface area contributed by atoms with Gasteiger partial charge in [-0.1, -0.05) is 84.3 Å². The lowest BCUT2D eigenvalue weighted by Crippen LogP contribution is -2.00. The fourth-order valence-electron chi connectivity index (χ4n) is 3.55. The van der Waals surface area contributed by atoms with Crippen LogP contribution in [-0.4, -0.2) is 7.85 Å². The fourth-order valence-corrected chi connectivity index (χ4v) is 3.55. The third kappa shape index (κ3) is 2.34. The van der Waals surface area contributed by atoms with Gasteiger partial charge in [0, 0.05) is 16.3 Å². The minimum Gasteiger partial charge on any atom is -0.456 e. The van der Waals surface area contributed by atoms with Crippen molar-refractivity contribution in [3.63, 3.8) is 0 Å². The van der Waals surface area contributed by atoms with Crippen molar-refractivity contribution in [2.45, 2.75) is 0 Å². The molecule has 120 valence electrons. The maximum absolute atomic E-state index is 6.23. The first-order valence-electron chi connectivity index (χ1n) is 8.67. The van der Waals surface area contributed by atoms with E-state index in [9.17, 15) is 0 Å². The van der Waals surface area contributed by atoms with Crippen LogP contribution in [0, 0.1) is 0 Å². The normalized spacial score (nSPS) is 11.2. The summed E-state index contributed by atoms with van der Waals surface area (Å²) in [7, 11) is 6.16. The van der Waals surface area contributed by atoms with Crippen LogP contribution < -0.4 is 5.46 Å². The Bertz CT molecular complexity index is 1220. The lowest BCUT2D eigenvalue weighted by Gasteiger charge is -2.08. The van der Waals surface area contributed by atoms with Crippen molar-refractivity contribution in [1.29, 1.82) is 0 Å². The van der Waals surface area contributed by atoms with Crippen molar-refractivity contribution >= 4 is 35.2 Å². The first kappa shape index (κ1) is 15.0. The smallest absolute Gasteiger partial charge is 0.143 e. The second-order valence-electron chi connectivity index (χ2n) is 6.46. The van der Waals surface area contributed by atoms with Crippen molar-refractivity contribution in [1.82, 2.24) is 0 Å².